The van der Waals surface area contributed by atoms with E-state index >= 15 is 0 Å². The van der Waals surface area contributed by atoms with Crippen molar-refractivity contribution in [1.29, 1.82) is 0 Å². The van der Waals surface area contributed by atoms with Crippen molar-refractivity contribution in [3.8, 4) is 5.75 Å². The summed E-state index contributed by atoms with van der Waals surface area (Å²) in [5.74, 6) is 0.795. The first-order valence-electron chi connectivity index (χ1n) is 5.77. The number of rotatable bonds is 4. The van der Waals surface area contributed by atoms with E-state index in [-0.39, 0.29) is 10.8 Å². The van der Waals surface area contributed by atoms with Crippen LogP contribution in [0.3, 0.4) is 0 Å². The third-order valence-corrected chi connectivity index (χ3v) is 4.67. The summed E-state index contributed by atoms with van der Waals surface area (Å²) >= 11 is 3.44. The number of methoxy groups -OCH3 is 1. The first-order chi connectivity index (χ1) is 8.25. The van der Waals surface area contributed by atoms with Gasteiger partial charge >= 0.3 is 0 Å². The van der Waals surface area contributed by atoms with Gasteiger partial charge in [0.1, 0.15) is 5.75 Å². The topological polar surface area (TPSA) is 38.3 Å². The molecule has 0 unspecified atom stereocenters. The van der Waals surface area contributed by atoms with E-state index in [1.54, 1.807) is 7.11 Å². The van der Waals surface area contributed by atoms with Gasteiger partial charge in [0, 0.05) is 16.1 Å². The molecule has 0 spiro atoms. The fraction of sp³-hybridized carbons (Fsp3) is 0.538. The average molecular weight is 334 g/mol. The van der Waals surface area contributed by atoms with Gasteiger partial charge in [-0.2, -0.15) is 0 Å². The molecule has 0 fully saturated rings. The monoisotopic (exact) mass is 333 g/mol. The first kappa shape index (κ1) is 15.7. The number of hydrogen-bond donors (Lipinski definition) is 1. The summed E-state index contributed by atoms with van der Waals surface area (Å²) in [7, 11) is 0.533. The maximum atomic E-state index is 12.1. The van der Waals surface area contributed by atoms with Crippen LogP contribution in [0, 0.1) is 0 Å². The van der Waals surface area contributed by atoms with Gasteiger partial charge < -0.3 is 4.74 Å². The van der Waals surface area contributed by atoms with E-state index in [9.17, 15) is 4.21 Å². The molecule has 0 aliphatic rings. The Bertz CT molecular complexity index is 443. The van der Waals surface area contributed by atoms with Crippen LogP contribution in [-0.4, -0.2) is 16.1 Å². The zero-order chi connectivity index (χ0) is 13.9. The summed E-state index contributed by atoms with van der Waals surface area (Å²) in [6.45, 7) is 7.82. The molecule has 2 atom stereocenters. The van der Waals surface area contributed by atoms with Crippen LogP contribution in [0.2, 0.25) is 0 Å². The molecule has 3 nitrogen and oxygen atoms in total. The van der Waals surface area contributed by atoms with Crippen LogP contribution in [-0.2, 0) is 11.0 Å². The minimum atomic E-state index is -1.11. The van der Waals surface area contributed by atoms with Crippen LogP contribution in [0.4, 0.5) is 0 Å². The van der Waals surface area contributed by atoms with Crippen molar-refractivity contribution in [3.05, 3.63) is 28.2 Å². The lowest BCUT2D eigenvalue weighted by Gasteiger charge is -2.23. The lowest BCUT2D eigenvalue weighted by Crippen LogP contribution is -2.34. The van der Waals surface area contributed by atoms with Crippen LogP contribution >= 0.6 is 15.9 Å². The summed E-state index contributed by atoms with van der Waals surface area (Å²) in [5, 5.41) is 0. The molecule has 0 heterocycles. The molecule has 0 amide bonds. The average Bonchev–Trinajstić information content (AvgIpc) is 2.27. The van der Waals surface area contributed by atoms with Gasteiger partial charge in [-0.25, -0.2) is 8.93 Å². The Morgan fingerprint density at radius 1 is 1.39 bits per heavy atom. The largest absolute Gasteiger partial charge is 0.496 e. The Morgan fingerprint density at radius 3 is 2.50 bits per heavy atom. The zero-order valence-electron chi connectivity index (χ0n) is 11.4. The molecule has 0 aliphatic heterocycles. The summed E-state index contributed by atoms with van der Waals surface area (Å²) in [4.78, 5) is 0. The molecular formula is C13H20BrNO2S. The smallest absolute Gasteiger partial charge is 0.123 e. The molecule has 18 heavy (non-hydrogen) atoms. The number of hydrogen-bond acceptors (Lipinski definition) is 2. The Morgan fingerprint density at radius 2 is 2.00 bits per heavy atom. The molecule has 0 aromatic heterocycles. The molecule has 0 bridgehead atoms. The summed E-state index contributed by atoms with van der Waals surface area (Å²) < 4.78 is 21.2. The van der Waals surface area contributed by atoms with Crippen molar-refractivity contribution in [3.63, 3.8) is 0 Å². The molecule has 1 rings (SSSR count). The highest BCUT2D eigenvalue weighted by molar-refractivity contribution is 9.10. The number of halogens is 1. The Hall–Kier alpha value is -0.390. The van der Waals surface area contributed by atoms with Crippen LogP contribution in [0.25, 0.3) is 0 Å². The second-order valence-electron chi connectivity index (χ2n) is 5.11. The Kier molecular flexibility index (Phi) is 5.37. The highest BCUT2D eigenvalue weighted by Gasteiger charge is 2.23. The van der Waals surface area contributed by atoms with Crippen LogP contribution < -0.4 is 9.46 Å². The van der Waals surface area contributed by atoms with Crippen molar-refractivity contribution in [1.82, 2.24) is 4.72 Å². The number of nitrogens with one attached hydrogen (secondary N) is 1. The molecule has 1 aromatic carbocycles. The molecule has 102 valence electrons. The van der Waals surface area contributed by atoms with E-state index in [1.165, 1.54) is 0 Å². The van der Waals surface area contributed by atoms with Gasteiger partial charge in [0.15, 0.2) is 0 Å². The third-order valence-electron chi connectivity index (χ3n) is 2.50. The quantitative estimate of drug-likeness (QED) is 0.914. The first-order valence-corrected chi connectivity index (χ1v) is 7.71. The summed E-state index contributed by atoms with van der Waals surface area (Å²) in [6.07, 6.45) is 0. The van der Waals surface area contributed by atoms with Gasteiger partial charge in [-0.1, -0.05) is 15.9 Å². The molecule has 1 aromatic rings. The standard InChI is InChI=1S/C13H20BrNO2S/c1-9(15-18(16)13(2,3)4)11-8-10(14)6-7-12(11)17-5/h6-9,15H,1-5H3/t9-,18+/m1/s1. The number of benzene rings is 1. The highest BCUT2D eigenvalue weighted by atomic mass is 79.9. The predicted molar refractivity (Wildman–Crippen MR) is 80.1 cm³/mol. The summed E-state index contributed by atoms with van der Waals surface area (Å²) in [6, 6.07) is 5.77. The molecule has 1 N–H and O–H groups in total. The molecule has 0 saturated carbocycles. The van der Waals surface area contributed by atoms with E-state index < -0.39 is 11.0 Å². The van der Waals surface area contributed by atoms with Gasteiger partial charge in [0.05, 0.1) is 22.8 Å². The van der Waals surface area contributed by atoms with Gasteiger partial charge in [0.2, 0.25) is 0 Å². The lowest BCUT2D eigenvalue weighted by molar-refractivity contribution is 0.405. The van der Waals surface area contributed by atoms with Gasteiger partial charge in [0.25, 0.3) is 0 Å². The normalized spacial score (nSPS) is 15.2. The second kappa shape index (κ2) is 6.17. The van der Waals surface area contributed by atoms with E-state index in [2.05, 4.69) is 20.7 Å². The Balaban J connectivity index is 2.93. The van der Waals surface area contributed by atoms with Crippen LogP contribution in [0.15, 0.2) is 22.7 Å². The molecule has 0 radical (unpaired) electrons. The predicted octanol–water partition coefficient (Wildman–Crippen LogP) is 3.57. The van der Waals surface area contributed by atoms with Gasteiger partial charge in [-0.15, -0.1) is 0 Å². The van der Waals surface area contributed by atoms with E-state index in [4.69, 9.17) is 4.74 Å². The van der Waals surface area contributed by atoms with Crippen molar-refractivity contribution in [2.45, 2.75) is 38.5 Å². The molecule has 5 heteroatoms. The van der Waals surface area contributed by atoms with Gasteiger partial charge in [-0.3, -0.25) is 0 Å². The maximum absolute atomic E-state index is 12.1. The van der Waals surface area contributed by atoms with Crippen LogP contribution in [0.5, 0.6) is 5.75 Å². The zero-order valence-corrected chi connectivity index (χ0v) is 13.8. The van der Waals surface area contributed by atoms with Crippen molar-refractivity contribution in [2.75, 3.05) is 7.11 Å². The van der Waals surface area contributed by atoms with E-state index in [0.717, 1.165) is 15.8 Å². The summed E-state index contributed by atoms with van der Waals surface area (Å²) in [5.41, 5.74) is 0.990. The highest BCUT2D eigenvalue weighted by Crippen LogP contribution is 2.29. The maximum Gasteiger partial charge on any atom is 0.123 e. The second-order valence-corrected chi connectivity index (χ2v) is 8.02. The third kappa shape index (κ3) is 4.07. The minimum absolute atomic E-state index is 0.0440. The van der Waals surface area contributed by atoms with Crippen molar-refractivity contribution < 1.29 is 8.95 Å². The van der Waals surface area contributed by atoms with Gasteiger partial charge in [-0.05, 0) is 45.9 Å². The lowest BCUT2D eigenvalue weighted by atomic mass is 10.1. The fourth-order valence-corrected chi connectivity index (χ4v) is 2.62. The minimum Gasteiger partial charge on any atom is -0.496 e. The molecular weight excluding hydrogens is 314 g/mol. The van der Waals surface area contributed by atoms with Crippen molar-refractivity contribution >= 4 is 26.9 Å². The molecule has 0 saturated heterocycles. The van der Waals surface area contributed by atoms with E-state index in [0.29, 0.717) is 0 Å². The molecule has 0 aliphatic carbocycles. The fourth-order valence-electron chi connectivity index (χ4n) is 1.44. The van der Waals surface area contributed by atoms with E-state index in [1.807, 2.05) is 45.9 Å². The SMILES string of the molecule is COc1ccc(Br)cc1[C@@H](C)N[S@@](=O)C(C)(C)C. The van der Waals surface area contributed by atoms with Crippen LogP contribution in [0.1, 0.15) is 39.3 Å². The van der Waals surface area contributed by atoms with Crippen molar-refractivity contribution in [2.24, 2.45) is 0 Å². The Labute approximate surface area is 120 Å². The number of ether oxygens (including phenoxy) is 1.